The second-order valence-corrected chi connectivity index (χ2v) is 8.84. The summed E-state index contributed by atoms with van der Waals surface area (Å²) in [5, 5.41) is 16.6. The fourth-order valence-electron chi connectivity index (χ4n) is 5.12. The van der Waals surface area contributed by atoms with Crippen LogP contribution >= 0.6 is 0 Å². The molecule has 1 unspecified atom stereocenters. The molecule has 1 atom stereocenters. The highest BCUT2D eigenvalue weighted by Gasteiger charge is 2.41. The monoisotopic (exact) mass is 420 g/mol. The van der Waals surface area contributed by atoms with Crippen LogP contribution in [0, 0.1) is 6.92 Å². The number of anilines is 1. The number of ether oxygens (including phenoxy) is 1. The standard InChI is InChI=1S/C24H28N4O3/c1-14-26-20-9-19(23(30)25-12-17(29)13-31-2)18-7-8-24(28-21(18)22(20)27-14)10-15-5-3-4-6-16(15)11-24/h3-6,9,17,28-29H,7-8,10-13H2,1-2H3,(H,25,30)(H,26,27). The number of aliphatic hydroxyl groups is 1. The van der Waals surface area contributed by atoms with E-state index in [9.17, 15) is 9.90 Å². The van der Waals surface area contributed by atoms with Crippen molar-refractivity contribution in [3.05, 3.63) is 58.4 Å². The Hall–Kier alpha value is -2.90. The maximum atomic E-state index is 13.0. The van der Waals surface area contributed by atoms with Crippen LogP contribution in [-0.2, 0) is 24.0 Å². The quantitative estimate of drug-likeness (QED) is 0.508. The number of hydrogen-bond donors (Lipinski definition) is 4. The predicted octanol–water partition coefficient (Wildman–Crippen LogP) is 2.50. The van der Waals surface area contributed by atoms with Crippen molar-refractivity contribution in [1.29, 1.82) is 0 Å². The lowest BCUT2D eigenvalue weighted by molar-refractivity contribution is 0.0609. The van der Waals surface area contributed by atoms with E-state index in [0.29, 0.717) is 5.56 Å². The van der Waals surface area contributed by atoms with Gasteiger partial charge < -0.3 is 25.5 Å². The first-order chi connectivity index (χ1) is 15.0. The van der Waals surface area contributed by atoms with Gasteiger partial charge in [0, 0.05) is 24.8 Å². The molecule has 0 radical (unpaired) electrons. The number of imidazole rings is 1. The SMILES string of the molecule is COCC(O)CNC(=O)c1cc2[nH]c(C)nc2c2c1CCC1(Cc3ccccc3C1)N2. The Labute approximate surface area is 181 Å². The summed E-state index contributed by atoms with van der Waals surface area (Å²) in [5.74, 6) is 0.634. The molecule has 31 heavy (non-hydrogen) atoms. The molecule has 7 heteroatoms. The average molecular weight is 421 g/mol. The molecule has 0 saturated carbocycles. The zero-order valence-corrected chi connectivity index (χ0v) is 17.9. The summed E-state index contributed by atoms with van der Waals surface area (Å²) in [6.07, 6.45) is 2.99. The van der Waals surface area contributed by atoms with Crippen LogP contribution in [-0.4, -0.2) is 52.9 Å². The van der Waals surface area contributed by atoms with Crippen molar-refractivity contribution in [2.75, 3.05) is 25.6 Å². The summed E-state index contributed by atoms with van der Waals surface area (Å²) in [5.41, 5.74) is 7.08. The van der Waals surface area contributed by atoms with Crippen LogP contribution in [0.2, 0.25) is 0 Å². The summed E-state index contributed by atoms with van der Waals surface area (Å²) in [7, 11) is 1.53. The van der Waals surface area contributed by atoms with Gasteiger partial charge in [-0.3, -0.25) is 4.79 Å². The first-order valence-corrected chi connectivity index (χ1v) is 10.8. The van der Waals surface area contributed by atoms with Crippen molar-refractivity contribution in [2.45, 2.75) is 44.2 Å². The molecule has 1 aromatic heterocycles. The fourth-order valence-corrected chi connectivity index (χ4v) is 5.12. The summed E-state index contributed by atoms with van der Waals surface area (Å²) in [6.45, 7) is 2.26. The highest BCUT2D eigenvalue weighted by Crippen LogP contribution is 2.43. The molecule has 1 amide bonds. The van der Waals surface area contributed by atoms with Crippen LogP contribution in [0.1, 0.15) is 39.3 Å². The van der Waals surface area contributed by atoms with Crippen LogP contribution in [0.5, 0.6) is 0 Å². The Morgan fingerprint density at radius 2 is 2.06 bits per heavy atom. The Bertz CT molecular complexity index is 1130. The van der Waals surface area contributed by atoms with Crippen LogP contribution < -0.4 is 10.6 Å². The Morgan fingerprint density at radius 1 is 1.32 bits per heavy atom. The molecule has 1 aliphatic carbocycles. The number of aryl methyl sites for hydroxylation is 1. The van der Waals surface area contributed by atoms with Crippen molar-refractivity contribution in [1.82, 2.24) is 15.3 Å². The molecule has 1 spiro atoms. The first kappa shape index (κ1) is 20.0. The Morgan fingerprint density at radius 3 is 2.77 bits per heavy atom. The molecule has 162 valence electrons. The zero-order chi connectivity index (χ0) is 21.6. The normalized spacial score (nSPS) is 17.3. The first-order valence-electron chi connectivity index (χ1n) is 10.8. The molecule has 0 saturated heterocycles. The minimum Gasteiger partial charge on any atom is -0.389 e. The Balaban J connectivity index is 1.50. The topological polar surface area (TPSA) is 99.3 Å². The van der Waals surface area contributed by atoms with Gasteiger partial charge in [0.2, 0.25) is 0 Å². The summed E-state index contributed by atoms with van der Waals surface area (Å²) in [6, 6.07) is 10.5. The predicted molar refractivity (Wildman–Crippen MR) is 120 cm³/mol. The third-order valence-corrected chi connectivity index (χ3v) is 6.52. The van der Waals surface area contributed by atoms with E-state index in [4.69, 9.17) is 9.72 Å². The van der Waals surface area contributed by atoms with E-state index >= 15 is 0 Å². The number of carbonyl (C=O) groups is 1. The number of methoxy groups -OCH3 is 1. The molecule has 2 aromatic carbocycles. The van der Waals surface area contributed by atoms with Crippen molar-refractivity contribution >= 4 is 22.6 Å². The van der Waals surface area contributed by atoms with Gasteiger partial charge in [-0.2, -0.15) is 0 Å². The molecule has 5 rings (SSSR count). The third kappa shape index (κ3) is 3.58. The van der Waals surface area contributed by atoms with Crippen molar-refractivity contribution in [2.24, 2.45) is 0 Å². The minimum absolute atomic E-state index is 0.0414. The van der Waals surface area contributed by atoms with Gasteiger partial charge >= 0.3 is 0 Å². The highest BCUT2D eigenvalue weighted by molar-refractivity contribution is 6.04. The number of aliphatic hydroxyl groups excluding tert-OH is 1. The number of amides is 1. The number of aromatic amines is 1. The van der Waals surface area contributed by atoms with Crippen LogP contribution in [0.25, 0.3) is 11.0 Å². The highest BCUT2D eigenvalue weighted by atomic mass is 16.5. The molecule has 2 aliphatic rings. The van der Waals surface area contributed by atoms with Gasteiger partial charge in [0.15, 0.2) is 0 Å². The minimum atomic E-state index is -0.735. The second kappa shape index (κ2) is 7.66. The number of nitrogens with one attached hydrogen (secondary N) is 3. The van der Waals surface area contributed by atoms with Gasteiger partial charge in [0.1, 0.15) is 11.3 Å². The van der Waals surface area contributed by atoms with E-state index in [1.165, 1.54) is 18.2 Å². The van der Waals surface area contributed by atoms with E-state index < -0.39 is 6.10 Å². The maximum Gasteiger partial charge on any atom is 0.251 e. The molecule has 4 N–H and O–H groups in total. The van der Waals surface area contributed by atoms with Crippen LogP contribution in [0.4, 0.5) is 5.69 Å². The molecular weight excluding hydrogens is 392 g/mol. The molecule has 2 heterocycles. The maximum absolute atomic E-state index is 13.0. The van der Waals surface area contributed by atoms with E-state index in [-0.39, 0.29) is 24.6 Å². The molecular formula is C24H28N4O3. The van der Waals surface area contributed by atoms with E-state index in [0.717, 1.165) is 53.8 Å². The second-order valence-electron chi connectivity index (χ2n) is 8.84. The van der Waals surface area contributed by atoms with Crippen LogP contribution in [0.15, 0.2) is 30.3 Å². The largest absolute Gasteiger partial charge is 0.389 e. The number of benzene rings is 2. The molecule has 3 aromatic rings. The zero-order valence-electron chi connectivity index (χ0n) is 17.9. The number of rotatable bonds is 5. The fraction of sp³-hybridized carbons (Fsp3) is 0.417. The van der Waals surface area contributed by atoms with Gasteiger partial charge in [0.25, 0.3) is 5.91 Å². The lowest BCUT2D eigenvalue weighted by atomic mass is 9.82. The van der Waals surface area contributed by atoms with Gasteiger partial charge in [0.05, 0.1) is 23.9 Å². The average Bonchev–Trinajstić information content (AvgIpc) is 3.30. The summed E-state index contributed by atoms with van der Waals surface area (Å²) >= 11 is 0. The van der Waals surface area contributed by atoms with Crippen molar-refractivity contribution in [3.8, 4) is 0 Å². The van der Waals surface area contributed by atoms with Gasteiger partial charge in [-0.25, -0.2) is 4.98 Å². The molecule has 0 bridgehead atoms. The summed E-state index contributed by atoms with van der Waals surface area (Å²) < 4.78 is 4.95. The van der Waals surface area contributed by atoms with E-state index in [2.05, 4.69) is 39.9 Å². The van der Waals surface area contributed by atoms with Crippen LogP contribution in [0.3, 0.4) is 0 Å². The number of carbonyl (C=O) groups excluding carboxylic acids is 1. The third-order valence-electron chi connectivity index (χ3n) is 6.52. The lowest BCUT2D eigenvalue weighted by Crippen LogP contribution is -2.43. The van der Waals surface area contributed by atoms with Gasteiger partial charge in [-0.05, 0) is 55.4 Å². The smallest absolute Gasteiger partial charge is 0.251 e. The Kier molecular flexibility index (Phi) is 4.95. The van der Waals surface area contributed by atoms with Crippen molar-refractivity contribution < 1.29 is 14.6 Å². The van der Waals surface area contributed by atoms with E-state index in [1.54, 1.807) is 0 Å². The van der Waals surface area contributed by atoms with Crippen molar-refractivity contribution in [3.63, 3.8) is 0 Å². The van der Waals surface area contributed by atoms with Gasteiger partial charge in [-0.15, -0.1) is 0 Å². The number of nitrogens with zero attached hydrogens (tertiary/aromatic N) is 1. The lowest BCUT2D eigenvalue weighted by Gasteiger charge is -2.38. The molecule has 7 nitrogen and oxygen atoms in total. The molecule has 0 fully saturated rings. The van der Waals surface area contributed by atoms with Gasteiger partial charge in [-0.1, -0.05) is 24.3 Å². The summed E-state index contributed by atoms with van der Waals surface area (Å²) in [4.78, 5) is 21.0. The number of aromatic nitrogens is 2. The number of hydrogen-bond acceptors (Lipinski definition) is 5. The number of H-pyrrole nitrogens is 1. The molecule has 1 aliphatic heterocycles. The van der Waals surface area contributed by atoms with E-state index in [1.807, 2.05) is 13.0 Å². The number of fused-ring (bicyclic) bond motifs is 4.